The summed E-state index contributed by atoms with van der Waals surface area (Å²) in [6, 6.07) is 6.46. The second kappa shape index (κ2) is 14.7. The van der Waals surface area contributed by atoms with Crippen LogP contribution < -0.4 is 27.0 Å². The van der Waals surface area contributed by atoms with E-state index in [1.165, 1.54) is 0 Å². The van der Waals surface area contributed by atoms with Crippen molar-refractivity contribution in [1.29, 1.82) is 0 Å². The third-order valence-corrected chi connectivity index (χ3v) is 5.09. The maximum atomic E-state index is 12.6. The fraction of sp³-hybridized carbons (Fsp3) is 0.542. The molecule has 194 valence electrons. The molecule has 0 spiro atoms. The molecule has 0 fully saturated rings. The van der Waals surface area contributed by atoms with Crippen molar-refractivity contribution in [3.8, 4) is 0 Å². The van der Waals surface area contributed by atoms with Crippen LogP contribution in [0, 0.1) is 11.8 Å². The Morgan fingerprint density at radius 1 is 0.857 bits per heavy atom. The quantitative estimate of drug-likeness (QED) is 0.204. The van der Waals surface area contributed by atoms with Crippen molar-refractivity contribution >= 4 is 29.6 Å². The number of carbonyl (C=O) groups is 5. The smallest absolute Gasteiger partial charge is 0.326 e. The molecule has 11 heteroatoms. The molecular formula is C24H37N5O6. The number of amides is 4. The predicted molar refractivity (Wildman–Crippen MR) is 130 cm³/mol. The summed E-state index contributed by atoms with van der Waals surface area (Å²) in [5, 5.41) is 18.9. The number of carboxylic acids is 1. The highest BCUT2D eigenvalue weighted by Crippen LogP contribution is 2.07. The summed E-state index contributed by atoms with van der Waals surface area (Å²) in [5.41, 5.74) is 6.90. The van der Waals surface area contributed by atoms with E-state index in [9.17, 15) is 24.0 Å². The first-order valence-corrected chi connectivity index (χ1v) is 11.6. The van der Waals surface area contributed by atoms with Crippen LogP contribution in [0.1, 0.15) is 39.7 Å². The van der Waals surface area contributed by atoms with Gasteiger partial charge in [-0.3, -0.25) is 19.2 Å². The van der Waals surface area contributed by atoms with Crippen LogP contribution in [-0.4, -0.2) is 65.9 Å². The van der Waals surface area contributed by atoms with Crippen LogP contribution in [0.25, 0.3) is 0 Å². The van der Waals surface area contributed by atoms with Gasteiger partial charge in [-0.15, -0.1) is 0 Å². The van der Waals surface area contributed by atoms with Crippen LogP contribution >= 0.6 is 0 Å². The van der Waals surface area contributed by atoms with Crippen molar-refractivity contribution < 1.29 is 29.1 Å². The van der Waals surface area contributed by atoms with Gasteiger partial charge in [0.1, 0.15) is 12.1 Å². The van der Waals surface area contributed by atoms with Gasteiger partial charge in [-0.1, -0.05) is 58.0 Å². The zero-order valence-electron chi connectivity index (χ0n) is 20.7. The van der Waals surface area contributed by atoms with Gasteiger partial charge in [-0.05, 0) is 30.2 Å². The molecule has 3 atom stereocenters. The third-order valence-electron chi connectivity index (χ3n) is 5.09. The highest BCUT2D eigenvalue weighted by Gasteiger charge is 2.26. The number of benzene rings is 1. The number of hydrogen-bond acceptors (Lipinski definition) is 6. The standard InChI is InChI=1S/C24H37N5O6/c1-14(2)10-18(28-22(32)17(25)11-16-8-6-5-7-9-16)23(33)27-12-19(30)26-13-20(31)29-21(15(3)4)24(34)35/h5-9,14-15,17-18,21H,10-13,25H2,1-4H3,(H,26,30)(H,27,33)(H,28,32)(H,29,31)(H,34,35)/t17-,18-,21-/m0/s1. The lowest BCUT2D eigenvalue weighted by Gasteiger charge is -2.22. The largest absolute Gasteiger partial charge is 0.480 e. The molecule has 0 aliphatic carbocycles. The number of nitrogens with one attached hydrogen (secondary N) is 4. The number of rotatable bonds is 14. The monoisotopic (exact) mass is 491 g/mol. The van der Waals surface area contributed by atoms with Gasteiger partial charge in [0.05, 0.1) is 19.1 Å². The zero-order valence-corrected chi connectivity index (χ0v) is 20.7. The maximum Gasteiger partial charge on any atom is 0.326 e. The molecule has 1 aromatic rings. The lowest BCUT2D eigenvalue weighted by molar-refractivity contribution is -0.143. The topological polar surface area (TPSA) is 180 Å². The normalized spacial score (nSPS) is 13.5. The summed E-state index contributed by atoms with van der Waals surface area (Å²) in [4.78, 5) is 60.3. The summed E-state index contributed by atoms with van der Waals surface area (Å²) in [7, 11) is 0. The fourth-order valence-electron chi connectivity index (χ4n) is 3.21. The first-order chi connectivity index (χ1) is 16.4. The Bertz CT molecular complexity index is 874. The Kier molecular flexibility index (Phi) is 12.4. The van der Waals surface area contributed by atoms with Gasteiger partial charge in [0.2, 0.25) is 23.6 Å². The Morgan fingerprint density at radius 2 is 1.46 bits per heavy atom. The van der Waals surface area contributed by atoms with Gasteiger partial charge in [-0.25, -0.2) is 4.79 Å². The van der Waals surface area contributed by atoms with Gasteiger partial charge in [0, 0.05) is 0 Å². The van der Waals surface area contributed by atoms with E-state index < -0.39 is 60.8 Å². The second-order valence-corrected chi connectivity index (χ2v) is 9.11. The summed E-state index contributed by atoms with van der Waals surface area (Å²) in [6.45, 7) is 6.22. The molecule has 1 aromatic carbocycles. The van der Waals surface area contributed by atoms with Crippen molar-refractivity contribution in [3.63, 3.8) is 0 Å². The van der Waals surface area contributed by atoms with E-state index in [0.717, 1.165) is 5.56 Å². The zero-order chi connectivity index (χ0) is 26.5. The van der Waals surface area contributed by atoms with Crippen molar-refractivity contribution in [2.45, 2.75) is 58.7 Å². The predicted octanol–water partition coefficient (Wildman–Crippen LogP) is -0.455. The van der Waals surface area contributed by atoms with Crippen LogP contribution in [0.15, 0.2) is 30.3 Å². The van der Waals surface area contributed by atoms with E-state index in [1.807, 2.05) is 44.2 Å². The van der Waals surface area contributed by atoms with Gasteiger partial charge >= 0.3 is 5.97 Å². The van der Waals surface area contributed by atoms with Crippen LogP contribution in [0.5, 0.6) is 0 Å². The Hall–Kier alpha value is -3.47. The average Bonchev–Trinajstić information content (AvgIpc) is 2.78. The molecule has 0 bridgehead atoms. The Labute approximate surface area is 205 Å². The van der Waals surface area contributed by atoms with Crippen LogP contribution in [0.3, 0.4) is 0 Å². The van der Waals surface area contributed by atoms with E-state index in [0.29, 0.717) is 12.8 Å². The van der Waals surface area contributed by atoms with Crippen LogP contribution in [0.4, 0.5) is 0 Å². The molecule has 0 saturated heterocycles. The fourth-order valence-corrected chi connectivity index (χ4v) is 3.21. The molecule has 4 amide bonds. The van der Waals surface area contributed by atoms with Crippen molar-refractivity contribution in [2.75, 3.05) is 13.1 Å². The summed E-state index contributed by atoms with van der Waals surface area (Å²) in [5.74, 6) is -3.76. The van der Waals surface area contributed by atoms with Gasteiger partial charge in [0.15, 0.2) is 0 Å². The summed E-state index contributed by atoms with van der Waals surface area (Å²) < 4.78 is 0. The molecule has 0 aromatic heterocycles. The lowest BCUT2D eigenvalue weighted by Crippen LogP contribution is -2.54. The Morgan fingerprint density at radius 3 is 2.00 bits per heavy atom. The van der Waals surface area contributed by atoms with Gasteiger partial charge in [-0.2, -0.15) is 0 Å². The summed E-state index contributed by atoms with van der Waals surface area (Å²) >= 11 is 0. The molecule has 0 aliphatic rings. The lowest BCUT2D eigenvalue weighted by atomic mass is 10.0. The molecule has 0 aliphatic heterocycles. The highest BCUT2D eigenvalue weighted by atomic mass is 16.4. The number of carbonyl (C=O) groups excluding carboxylic acids is 4. The van der Waals surface area contributed by atoms with Crippen molar-refractivity contribution in [2.24, 2.45) is 17.6 Å². The molecule has 0 heterocycles. The molecular weight excluding hydrogens is 454 g/mol. The molecule has 7 N–H and O–H groups in total. The molecule has 11 nitrogen and oxygen atoms in total. The minimum absolute atomic E-state index is 0.0806. The molecule has 0 saturated carbocycles. The van der Waals surface area contributed by atoms with Crippen molar-refractivity contribution in [1.82, 2.24) is 21.3 Å². The molecule has 35 heavy (non-hydrogen) atoms. The second-order valence-electron chi connectivity index (χ2n) is 9.11. The first-order valence-electron chi connectivity index (χ1n) is 11.6. The molecule has 0 radical (unpaired) electrons. The Balaban J connectivity index is 2.56. The molecule has 0 unspecified atom stereocenters. The number of aliphatic carboxylic acids is 1. The maximum absolute atomic E-state index is 12.6. The van der Waals surface area contributed by atoms with Crippen LogP contribution in [0.2, 0.25) is 0 Å². The average molecular weight is 492 g/mol. The first kappa shape index (κ1) is 29.6. The van der Waals surface area contributed by atoms with Gasteiger partial charge < -0.3 is 32.1 Å². The number of hydrogen-bond donors (Lipinski definition) is 6. The van der Waals surface area contributed by atoms with Crippen LogP contribution in [-0.2, 0) is 30.4 Å². The van der Waals surface area contributed by atoms with E-state index >= 15 is 0 Å². The number of nitrogens with two attached hydrogens (primary N) is 1. The minimum atomic E-state index is -1.17. The van der Waals surface area contributed by atoms with E-state index in [-0.39, 0.29) is 11.8 Å². The van der Waals surface area contributed by atoms with E-state index in [4.69, 9.17) is 10.8 Å². The van der Waals surface area contributed by atoms with Gasteiger partial charge in [0.25, 0.3) is 0 Å². The number of carboxylic acid groups (broad SMARTS) is 1. The minimum Gasteiger partial charge on any atom is -0.480 e. The van der Waals surface area contributed by atoms with E-state index in [2.05, 4.69) is 21.3 Å². The highest BCUT2D eigenvalue weighted by molar-refractivity contribution is 5.93. The third kappa shape index (κ3) is 11.5. The van der Waals surface area contributed by atoms with E-state index in [1.54, 1.807) is 13.8 Å². The molecule has 1 rings (SSSR count). The SMILES string of the molecule is CC(C)C[C@H](NC(=O)[C@@H](N)Cc1ccccc1)C(=O)NCC(=O)NCC(=O)N[C@H](C(=O)O)C(C)C. The summed E-state index contributed by atoms with van der Waals surface area (Å²) in [6.07, 6.45) is 0.651. The van der Waals surface area contributed by atoms with Crippen molar-refractivity contribution in [3.05, 3.63) is 35.9 Å².